The third-order valence-corrected chi connectivity index (χ3v) is 3.37. The zero-order valence-electron chi connectivity index (χ0n) is 7.74. The highest BCUT2D eigenvalue weighted by Gasteiger charge is 2.27. The molecule has 2 atom stereocenters. The molecular weight excluding hydrogens is 156 g/mol. The summed E-state index contributed by atoms with van der Waals surface area (Å²) in [5.74, 6) is 1.47. The molecule has 3 rings (SSSR count). The number of fused-ring (bicyclic) bond motifs is 2. The summed E-state index contributed by atoms with van der Waals surface area (Å²) in [6.07, 6.45) is 17.9. The normalized spacial score (nSPS) is 35.1. The molecule has 0 radical (unpaired) electrons. The van der Waals surface area contributed by atoms with Gasteiger partial charge in [0.1, 0.15) is 0 Å². The summed E-state index contributed by atoms with van der Waals surface area (Å²) in [4.78, 5) is 0. The molecule has 0 fully saturated rings. The van der Waals surface area contributed by atoms with Crippen molar-refractivity contribution in [2.75, 3.05) is 0 Å². The Kier molecular flexibility index (Phi) is 1.55. The average molecular weight is 170 g/mol. The van der Waals surface area contributed by atoms with E-state index in [2.05, 4.69) is 36.5 Å². The van der Waals surface area contributed by atoms with Crippen LogP contribution in [0.2, 0.25) is 0 Å². The van der Waals surface area contributed by atoms with E-state index < -0.39 is 0 Å². The van der Waals surface area contributed by atoms with Gasteiger partial charge in [0.25, 0.3) is 0 Å². The van der Waals surface area contributed by atoms with Crippen molar-refractivity contribution in [3.8, 4) is 0 Å². The topological polar surface area (TPSA) is 0 Å². The Balaban J connectivity index is 2.05. The minimum absolute atomic E-state index is 0.705. The molecule has 0 bridgehead atoms. The van der Waals surface area contributed by atoms with Gasteiger partial charge in [-0.1, -0.05) is 36.5 Å². The number of hydrogen-bond acceptors (Lipinski definition) is 0. The number of allylic oxidation sites excluding steroid dienone is 8. The van der Waals surface area contributed by atoms with Crippen molar-refractivity contribution >= 4 is 0 Å². The average Bonchev–Trinajstić information content (AvgIpc) is 2.65. The Morgan fingerprint density at radius 3 is 3.08 bits per heavy atom. The zero-order valence-corrected chi connectivity index (χ0v) is 7.74. The van der Waals surface area contributed by atoms with Gasteiger partial charge in [-0.05, 0) is 36.3 Å². The van der Waals surface area contributed by atoms with E-state index in [1.807, 2.05) is 0 Å². The summed E-state index contributed by atoms with van der Waals surface area (Å²) in [6.45, 7) is 0. The fourth-order valence-corrected chi connectivity index (χ4v) is 2.65. The molecule has 0 saturated carbocycles. The maximum Gasteiger partial charge on any atom is 0.00865 e. The molecule has 2 unspecified atom stereocenters. The number of hydrogen-bond donors (Lipinski definition) is 0. The van der Waals surface area contributed by atoms with Crippen molar-refractivity contribution in [2.45, 2.75) is 19.3 Å². The lowest BCUT2D eigenvalue weighted by atomic mass is 9.78. The van der Waals surface area contributed by atoms with Gasteiger partial charge in [-0.2, -0.15) is 0 Å². The first-order valence-corrected chi connectivity index (χ1v) is 5.19. The van der Waals surface area contributed by atoms with Crippen LogP contribution in [0.25, 0.3) is 0 Å². The van der Waals surface area contributed by atoms with Gasteiger partial charge in [0, 0.05) is 5.92 Å². The minimum atomic E-state index is 0.705. The maximum absolute atomic E-state index is 2.41. The fraction of sp³-hybridized carbons (Fsp3) is 0.385. The van der Waals surface area contributed by atoms with Gasteiger partial charge < -0.3 is 0 Å². The molecule has 0 aromatic rings. The predicted molar refractivity (Wildman–Crippen MR) is 55.3 cm³/mol. The first kappa shape index (κ1) is 7.37. The van der Waals surface area contributed by atoms with Crippen LogP contribution in [0.4, 0.5) is 0 Å². The van der Waals surface area contributed by atoms with Gasteiger partial charge in [0.2, 0.25) is 0 Å². The Labute approximate surface area is 79.3 Å². The van der Waals surface area contributed by atoms with Gasteiger partial charge in [0.15, 0.2) is 0 Å². The van der Waals surface area contributed by atoms with E-state index in [0.29, 0.717) is 5.92 Å². The van der Waals surface area contributed by atoms with Crippen molar-refractivity contribution in [2.24, 2.45) is 11.8 Å². The van der Waals surface area contributed by atoms with Crippen LogP contribution in [0, 0.1) is 11.8 Å². The molecule has 0 saturated heterocycles. The zero-order chi connectivity index (χ0) is 8.67. The van der Waals surface area contributed by atoms with E-state index in [4.69, 9.17) is 0 Å². The summed E-state index contributed by atoms with van der Waals surface area (Å²) in [5, 5.41) is 0. The second kappa shape index (κ2) is 2.73. The molecule has 0 amide bonds. The smallest absolute Gasteiger partial charge is 0.00865 e. The lowest BCUT2D eigenvalue weighted by Gasteiger charge is -2.26. The molecular formula is C13H14. The van der Waals surface area contributed by atoms with E-state index >= 15 is 0 Å². The largest absolute Gasteiger partial charge is 0.0873 e. The Morgan fingerprint density at radius 1 is 1.08 bits per heavy atom. The Morgan fingerprint density at radius 2 is 2.08 bits per heavy atom. The molecule has 0 heteroatoms. The predicted octanol–water partition coefficient (Wildman–Crippen LogP) is 3.40. The Bertz CT molecular complexity index is 339. The van der Waals surface area contributed by atoms with Gasteiger partial charge >= 0.3 is 0 Å². The highest BCUT2D eigenvalue weighted by atomic mass is 14.3. The van der Waals surface area contributed by atoms with Crippen LogP contribution in [0.1, 0.15) is 19.3 Å². The molecule has 3 aliphatic carbocycles. The quantitative estimate of drug-likeness (QED) is 0.489. The summed E-state index contributed by atoms with van der Waals surface area (Å²) in [6, 6.07) is 0. The van der Waals surface area contributed by atoms with E-state index in [9.17, 15) is 0 Å². The molecule has 0 spiro atoms. The van der Waals surface area contributed by atoms with E-state index in [1.165, 1.54) is 19.3 Å². The van der Waals surface area contributed by atoms with E-state index in [1.54, 1.807) is 11.1 Å². The summed E-state index contributed by atoms with van der Waals surface area (Å²) < 4.78 is 0. The standard InChI is InChI=1S/C13H14/c1-2-6-12-10(4-1)8-9-11-5-3-7-13(11)12/h2-3,6-9,11,13H,1,4-5H2. The molecule has 0 N–H and O–H groups in total. The second-order valence-electron chi connectivity index (χ2n) is 4.13. The highest BCUT2D eigenvalue weighted by molar-refractivity contribution is 5.45. The molecule has 0 heterocycles. The van der Waals surface area contributed by atoms with Crippen molar-refractivity contribution < 1.29 is 0 Å². The first-order valence-electron chi connectivity index (χ1n) is 5.19. The Hall–Kier alpha value is -1.04. The third-order valence-electron chi connectivity index (χ3n) is 3.37. The number of rotatable bonds is 0. The molecule has 66 valence electrons. The van der Waals surface area contributed by atoms with Crippen molar-refractivity contribution in [3.05, 3.63) is 47.6 Å². The lowest BCUT2D eigenvalue weighted by molar-refractivity contribution is 0.567. The molecule has 0 aromatic heterocycles. The van der Waals surface area contributed by atoms with Crippen molar-refractivity contribution in [3.63, 3.8) is 0 Å². The molecule has 3 aliphatic rings. The van der Waals surface area contributed by atoms with Crippen molar-refractivity contribution in [1.82, 2.24) is 0 Å². The molecule has 0 aromatic carbocycles. The summed E-state index contributed by atoms with van der Waals surface area (Å²) in [7, 11) is 0. The van der Waals surface area contributed by atoms with Gasteiger partial charge in [0.05, 0.1) is 0 Å². The lowest BCUT2D eigenvalue weighted by Crippen LogP contribution is -2.14. The van der Waals surface area contributed by atoms with Gasteiger partial charge in [-0.15, -0.1) is 0 Å². The monoisotopic (exact) mass is 170 g/mol. The van der Waals surface area contributed by atoms with Crippen LogP contribution < -0.4 is 0 Å². The SMILES string of the molecule is C1=CC2=C(C=CC3CC=CC23)CC1. The highest BCUT2D eigenvalue weighted by Crippen LogP contribution is 2.40. The summed E-state index contributed by atoms with van der Waals surface area (Å²) in [5.41, 5.74) is 3.17. The van der Waals surface area contributed by atoms with Crippen LogP contribution in [0.15, 0.2) is 47.6 Å². The fourth-order valence-electron chi connectivity index (χ4n) is 2.65. The minimum Gasteiger partial charge on any atom is -0.0873 e. The second-order valence-corrected chi connectivity index (χ2v) is 4.13. The van der Waals surface area contributed by atoms with Crippen LogP contribution in [-0.2, 0) is 0 Å². The van der Waals surface area contributed by atoms with Crippen LogP contribution >= 0.6 is 0 Å². The van der Waals surface area contributed by atoms with E-state index in [0.717, 1.165) is 5.92 Å². The van der Waals surface area contributed by atoms with Crippen LogP contribution in [0.3, 0.4) is 0 Å². The first-order chi connectivity index (χ1) is 6.45. The molecule has 0 nitrogen and oxygen atoms in total. The third kappa shape index (κ3) is 1.05. The van der Waals surface area contributed by atoms with Gasteiger partial charge in [-0.3, -0.25) is 0 Å². The van der Waals surface area contributed by atoms with Crippen LogP contribution in [-0.4, -0.2) is 0 Å². The van der Waals surface area contributed by atoms with Crippen molar-refractivity contribution in [1.29, 1.82) is 0 Å². The molecule has 0 aliphatic heterocycles. The van der Waals surface area contributed by atoms with Gasteiger partial charge in [-0.25, -0.2) is 0 Å². The summed E-state index contributed by atoms with van der Waals surface area (Å²) >= 11 is 0. The maximum atomic E-state index is 2.41. The van der Waals surface area contributed by atoms with E-state index in [-0.39, 0.29) is 0 Å². The van der Waals surface area contributed by atoms with Crippen LogP contribution in [0.5, 0.6) is 0 Å². The molecule has 13 heavy (non-hydrogen) atoms.